The molecule has 0 amide bonds. The van der Waals surface area contributed by atoms with Crippen molar-refractivity contribution in [3.8, 4) is 0 Å². The number of hydrogen-bond acceptors (Lipinski definition) is 6. The highest BCUT2D eigenvalue weighted by molar-refractivity contribution is 5.96. The Hall–Kier alpha value is -1.67. The van der Waals surface area contributed by atoms with Crippen molar-refractivity contribution in [1.82, 2.24) is 4.90 Å². The lowest BCUT2D eigenvalue weighted by molar-refractivity contribution is -0.111. The lowest BCUT2D eigenvalue weighted by Crippen LogP contribution is -2.39. The van der Waals surface area contributed by atoms with Crippen molar-refractivity contribution in [2.24, 2.45) is 16.8 Å². The Morgan fingerprint density at radius 1 is 1.36 bits per heavy atom. The van der Waals surface area contributed by atoms with E-state index in [0.29, 0.717) is 31.1 Å². The molecular formula is C18H29N3O4. The quantitative estimate of drug-likeness (QED) is 0.184. The summed E-state index contributed by atoms with van der Waals surface area (Å²) in [6, 6.07) is 7.03. The van der Waals surface area contributed by atoms with Gasteiger partial charge in [-0.2, -0.15) is 0 Å². The van der Waals surface area contributed by atoms with E-state index in [9.17, 15) is 10.2 Å². The minimum absolute atomic E-state index is 0.0489. The Balaban J connectivity index is 1.88. The molecule has 3 atom stereocenters. The molecule has 1 saturated heterocycles. The van der Waals surface area contributed by atoms with Crippen molar-refractivity contribution >= 4 is 5.84 Å². The van der Waals surface area contributed by atoms with Crippen LogP contribution in [0, 0.1) is 5.92 Å². The molecule has 0 aromatic heterocycles. The maximum absolute atomic E-state index is 10.5. The highest BCUT2D eigenvalue weighted by atomic mass is 16.6. The molecule has 2 rings (SSSR count). The Bertz CT molecular complexity index is 550. The fourth-order valence-corrected chi connectivity index (χ4v) is 3.34. The van der Waals surface area contributed by atoms with E-state index in [1.54, 1.807) is 24.3 Å². The number of benzene rings is 1. The van der Waals surface area contributed by atoms with Crippen LogP contribution in [0.25, 0.3) is 0 Å². The van der Waals surface area contributed by atoms with Gasteiger partial charge in [0.15, 0.2) is 12.1 Å². The number of nitrogens with zero attached hydrogens (tertiary/aromatic N) is 2. The molecule has 0 aliphatic carbocycles. The summed E-state index contributed by atoms with van der Waals surface area (Å²) in [5.74, 6) is 0.429. The molecule has 1 aromatic carbocycles. The fourth-order valence-electron chi connectivity index (χ4n) is 3.34. The minimum Gasteiger partial charge on any atom is -0.409 e. The van der Waals surface area contributed by atoms with Crippen molar-refractivity contribution < 1.29 is 20.2 Å². The smallest absolute Gasteiger partial charge is 0.170 e. The van der Waals surface area contributed by atoms with Crippen molar-refractivity contribution in [3.63, 3.8) is 0 Å². The van der Waals surface area contributed by atoms with Crippen LogP contribution in [0.2, 0.25) is 0 Å². The van der Waals surface area contributed by atoms with Gasteiger partial charge in [-0.15, -0.1) is 0 Å². The molecule has 1 aliphatic rings. The first-order chi connectivity index (χ1) is 12.0. The average Bonchev–Trinajstić information content (AvgIpc) is 2.61. The van der Waals surface area contributed by atoms with Crippen LogP contribution in [0.1, 0.15) is 43.4 Å². The summed E-state index contributed by atoms with van der Waals surface area (Å²) < 4.78 is 5.22. The number of aliphatic hydroxyl groups excluding tert-OH is 2. The topological polar surface area (TPSA) is 112 Å². The number of hydrogen-bond donors (Lipinski definition) is 4. The van der Waals surface area contributed by atoms with E-state index in [4.69, 9.17) is 15.7 Å². The Morgan fingerprint density at radius 2 is 2.08 bits per heavy atom. The third kappa shape index (κ3) is 5.97. The van der Waals surface area contributed by atoms with Crippen LogP contribution in [-0.4, -0.2) is 58.7 Å². The Kier molecular flexibility index (Phi) is 7.64. The molecule has 0 saturated carbocycles. The molecule has 140 valence electrons. The number of β-amino-alcohol motifs (C(OH)–C–C–N with tert-alkyl or cyclic N) is 1. The lowest BCUT2D eigenvalue weighted by atomic mass is 9.94. The summed E-state index contributed by atoms with van der Waals surface area (Å²) >= 11 is 0. The zero-order chi connectivity index (χ0) is 18.2. The second-order valence-corrected chi connectivity index (χ2v) is 6.54. The van der Waals surface area contributed by atoms with Crippen LogP contribution >= 0.6 is 0 Å². The van der Waals surface area contributed by atoms with Crippen LogP contribution in [0.15, 0.2) is 29.4 Å². The first-order valence-corrected chi connectivity index (χ1v) is 8.81. The van der Waals surface area contributed by atoms with Crippen molar-refractivity contribution in [1.29, 1.82) is 0 Å². The van der Waals surface area contributed by atoms with Crippen molar-refractivity contribution in [2.45, 2.75) is 38.6 Å². The summed E-state index contributed by atoms with van der Waals surface area (Å²) in [5.41, 5.74) is 6.95. The third-order valence-electron chi connectivity index (χ3n) is 4.63. The van der Waals surface area contributed by atoms with E-state index >= 15 is 0 Å². The van der Waals surface area contributed by atoms with Crippen LogP contribution < -0.4 is 5.73 Å². The molecule has 1 heterocycles. The molecule has 5 N–H and O–H groups in total. The molecular weight excluding hydrogens is 322 g/mol. The first-order valence-electron chi connectivity index (χ1n) is 8.81. The maximum atomic E-state index is 10.5. The van der Waals surface area contributed by atoms with Crippen LogP contribution in [-0.2, 0) is 4.74 Å². The van der Waals surface area contributed by atoms with E-state index in [0.717, 1.165) is 31.5 Å². The summed E-state index contributed by atoms with van der Waals surface area (Å²) in [4.78, 5) is 2.23. The Labute approximate surface area is 148 Å². The van der Waals surface area contributed by atoms with Crippen LogP contribution in [0.5, 0.6) is 0 Å². The van der Waals surface area contributed by atoms with Gasteiger partial charge in [0.2, 0.25) is 0 Å². The number of nitrogens with two attached hydrogens (primary N) is 1. The first kappa shape index (κ1) is 19.7. The van der Waals surface area contributed by atoms with Gasteiger partial charge < -0.3 is 30.8 Å². The molecule has 0 bridgehead atoms. The van der Waals surface area contributed by atoms with Gasteiger partial charge >= 0.3 is 0 Å². The van der Waals surface area contributed by atoms with Crippen molar-refractivity contribution in [3.05, 3.63) is 35.4 Å². The van der Waals surface area contributed by atoms with Gasteiger partial charge in [-0.1, -0.05) is 29.4 Å². The highest BCUT2D eigenvalue weighted by Gasteiger charge is 2.24. The molecule has 0 radical (unpaired) electrons. The van der Waals surface area contributed by atoms with Crippen molar-refractivity contribution in [2.75, 3.05) is 26.2 Å². The Morgan fingerprint density at radius 3 is 2.72 bits per heavy atom. The number of aliphatic hydroxyl groups is 2. The van der Waals surface area contributed by atoms with E-state index < -0.39 is 12.4 Å². The molecule has 7 heteroatoms. The number of amidine groups is 1. The molecule has 25 heavy (non-hydrogen) atoms. The SMILES string of the molecule is CCOC(O)CC1CCCN(CC(O)c2ccc(C(N)=NO)cc2)C1. The van der Waals surface area contributed by atoms with E-state index in [1.807, 2.05) is 6.92 Å². The number of oxime groups is 1. The molecule has 3 unspecified atom stereocenters. The van der Waals surface area contributed by atoms with Gasteiger partial charge in [-0.05, 0) is 37.8 Å². The molecule has 1 fully saturated rings. The summed E-state index contributed by atoms with van der Waals surface area (Å²) in [5, 5.41) is 31.9. The average molecular weight is 351 g/mol. The van der Waals surface area contributed by atoms with Gasteiger partial charge in [0, 0.05) is 31.7 Å². The van der Waals surface area contributed by atoms with Gasteiger partial charge in [0.25, 0.3) is 0 Å². The summed E-state index contributed by atoms with van der Waals surface area (Å²) in [6.45, 7) is 4.73. The number of ether oxygens (including phenoxy) is 1. The second-order valence-electron chi connectivity index (χ2n) is 6.54. The third-order valence-corrected chi connectivity index (χ3v) is 4.63. The molecule has 0 spiro atoms. The standard InChI is InChI=1S/C18H29N3O4/c1-2-25-17(23)10-13-4-3-9-21(11-13)12-16(22)14-5-7-15(8-6-14)18(19)20-24/h5-8,13,16-17,22-24H,2-4,9-12H2,1H3,(H2,19,20). The predicted octanol–water partition coefficient (Wildman–Crippen LogP) is 1.27. The zero-order valence-corrected chi connectivity index (χ0v) is 14.7. The highest BCUT2D eigenvalue weighted by Crippen LogP contribution is 2.24. The summed E-state index contributed by atoms with van der Waals surface area (Å²) in [6.07, 6.45) is 1.46. The zero-order valence-electron chi connectivity index (χ0n) is 14.7. The molecule has 7 nitrogen and oxygen atoms in total. The molecule has 1 aliphatic heterocycles. The van der Waals surface area contributed by atoms with E-state index in [1.165, 1.54) is 0 Å². The van der Waals surface area contributed by atoms with E-state index in [2.05, 4.69) is 10.1 Å². The van der Waals surface area contributed by atoms with Crippen LogP contribution in [0.3, 0.4) is 0 Å². The fraction of sp³-hybridized carbons (Fsp3) is 0.611. The number of rotatable bonds is 8. The molecule has 1 aromatic rings. The van der Waals surface area contributed by atoms with E-state index in [-0.39, 0.29) is 5.84 Å². The second kappa shape index (κ2) is 9.72. The van der Waals surface area contributed by atoms with Gasteiger partial charge in [0.1, 0.15) is 0 Å². The largest absolute Gasteiger partial charge is 0.409 e. The van der Waals surface area contributed by atoms with Gasteiger partial charge in [-0.3, -0.25) is 0 Å². The van der Waals surface area contributed by atoms with Gasteiger partial charge in [0.05, 0.1) is 6.10 Å². The van der Waals surface area contributed by atoms with Crippen LogP contribution in [0.4, 0.5) is 0 Å². The predicted molar refractivity (Wildman–Crippen MR) is 95.3 cm³/mol. The summed E-state index contributed by atoms with van der Waals surface area (Å²) in [7, 11) is 0. The van der Waals surface area contributed by atoms with Gasteiger partial charge in [-0.25, -0.2) is 0 Å². The maximum Gasteiger partial charge on any atom is 0.170 e. The number of piperidine rings is 1. The minimum atomic E-state index is -0.703. The normalized spacial score (nSPS) is 21.9. The monoisotopic (exact) mass is 351 g/mol. The number of likely N-dealkylation sites (tertiary alicyclic amines) is 1. The lowest BCUT2D eigenvalue weighted by Gasteiger charge is -2.34.